The number of benzene rings is 2. The molecule has 2 aromatic rings. The fourth-order valence-electron chi connectivity index (χ4n) is 3.19. The molecule has 0 aromatic heterocycles. The minimum Gasteiger partial charge on any atom is -0.362 e. The van der Waals surface area contributed by atoms with E-state index in [9.17, 15) is 0 Å². The number of rotatable bonds is 2. The van der Waals surface area contributed by atoms with Crippen molar-refractivity contribution >= 4 is 29.1 Å². The minimum atomic E-state index is 0.0855. The van der Waals surface area contributed by atoms with Gasteiger partial charge in [-0.15, -0.1) is 0 Å². The van der Waals surface area contributed by atoms with Gasteiger partial charge in [-0.1, -0.05) is 74.1 Å². The van der Waals surface area contributed by atoms with Crippen molar-refractivity contribution < 1.29 is 4.79 Å². The molecule has 1 atom stereocenters. The minimum absolute atomic E-state index is 0.0855. The summed E-state index contributed by atoms with van der Waals surface area (Å²) in [4.78, 5) is 14.0. The van der Waals surface area contributed by atoms with E-state index in [2.05, 4.69) is 78.2 Å². The fraction of sp³-hybridized carbons (Fsp3) is 0.286. The predicted octanol–water partition coefficient (Wildman–Crippen LogP) is 3.45. The first-order chi connectivity index (χ1) is 13.1. The molecular weight excluding hydrogens is 356 g/mol. The molecule has 1 aliphatic carbocycles. The van der Waals surface area contributed by atoms with Crippen molar-refractivity contribution in [2.24, 2.45) is 10.1 Å². The lowest BCUT2D eigenvalue weighted by Crippen LogP contribution is -2.33. The second kappa shape index (κ2) is 8.86. The molecule has 140 valence electrons. The van der Waals surface area contributed by atoms with Crippen LogP contribution in [0.1, 0.15) is 25.0 Å². The van der Waals surface area contributed by atoms with Crippen LogP contribution in [0.25, 0.3) is 11.1 Å². The van der Waals surface area contributed by atoms with E-state index in [1.807, 2.05) is 0 Å². The SMILES string of the molecule is CC(C)SC1=NC2Cc3ccccc3-c3ccccc3C2=NN1.CNC=O. The lowest BCUT2D eigenvalue weighted by molar-refractivity contribution is -0.109. The smallest absolute Gasteiger partial charge is 0.206 e. The Hall–Kier alpha value is -2.60. The van der Waals surface area contributed by atoms with Crippen molar-refractivity contribution in [3.8, 4) is 11.1 Å². The molecule has 1 heterocycles. The molecule has 2 aromatic carbocycles. The highest BCUT2D eigenvalue weighted by Crippen LogP contribution is 2.34. The van der Waals surface area contributed by atoms with Gasteiger partial charge in [0, 0.05) is 24.3 Å². The molecule has 6 heteroatoms. The highest BCUT2D eigenvalue weighted by Gasteiger charge is 2.29. The number of thioether (sulfide) groups is 1. The lowest BCUT2D eigenvalue weighted by Gasteiger charge is -2.21. The van der Waals surface area contributed by atoms with Crippen LogP contribution in [-0.4, -0.2) is 35.6 Å². The van der Waals surface area contributed by atoms with Crippen LogP contribution in [-0.2, 0) is 11.2 Å². The van der Waals surface area contributed by atoms with E-state index in [0.29, 0.717) is 11.7 Å². The standard InChI is InChI=1S/C19H19N3S.C2H5NO/c1-12(2)23-19-20-17-11-13-7-3-4-8-14(13)15-9-5-6-10-16(15)18(17)21-22-19;1-3-2-4/h3-10,12,17H,11H2,1-2H3,(H,20,22);2H,1H3,(H,3,4). The number of aliphatic imine (C=N–C) groups is 1. The molecule has 0 fully saturated rings. The first kappa shape index (κ1) is 19.2. The maximum absolute atomic E-state index is 9.06. The lowest BCUT2D eigenvalue weighted by atomic mass is 9.96. The van der Waals surface area contributed by atoms with Crippen molar-refractivity contribution in [3.63, 3.8) is 0 Å². The summed E-state index contributed by atoms with van der Waals surface area (Å²) in [6.45, 7) is 4.34. The molecule has 1 aliphatic heterocycles. The Balaban J connectivity index is 0.000000481. The van der Waals surface area contributed by atoms with Gasteiger partial charge in [-0.2, -0.15) is 5.10 Å². The summed E-state index contributed by atoms with van der Waals surface area (Å²) in [5.41, 5.74) is 9.27. The molecular formula is C21H24N4OS. The van der Waals surface area contributed by atoms with Gasteiger partial charge in [0.05, 0.1) is 5.71 Å². The topological polar surface area (TPSA) is 65.8 Å². The van der Waals surface area contributed by atoms with Crippen LogP contribution in [0, 0.1) is 0 Å². The monoisotopic (exact) mass is 380 g/mol. The number of amides is 1. The van der Waals surface area contributed by atoms with E-state index in [1.165, 1.54) is 22.3 Å². The number of hydrogen-bond donors (Lipinski definition) is 2. The van der Waals surface area contributed by atoms with Crippen LogP contribution in [0.5, 0.6) is 0 Å². The molecule has 1 amide bonds. The fourth-order valence-corrected chi connectivity index (χ4v) is 3.92. The first-order valence-corrected chi connectivity index (χ1v) is 9.88. The van der Waals surface area contributed by atoms with Gasteiger partial charge >= 0.3 is 0 Å². The number of carbonyl (C=O) groups excluding carboxylic acids is 1. The van der Waals surface area contributed by atoms with Crippen LogP contribution in [0.3, 0.4) is 0 Å². The maximum atomic E-state index is 9.06. The van der Waals surface area contributed by atoms with Gasteiger partial charge in [-0.3, -0.25) is 15.2 Å². The van der Waals surface area contributed by atoms with Crippen LogP contribution < -0.4 is 10.7 Å². The third kappa shape index (κ3) is 4.39. The van der Waals surface area contributed by atoms with E-state index in [-0.39, 0.29) is 6.04 Å². The van der Waals surface area contributed by atoms with Crippen molar-refractivity contribution in [1.29, 1.82) is 0 Å². The molecule has 4 rings (SSSR count). The third-order valence-electron chi connectivity index (χ3n) is 4.25. The highest BCUT2D eigenvalue weighted by atomic mass is 32.2. The van der Waals surface area contributed by atoms with Crippen molar-refractivity contribution in [1.82, 2.24) is 10.7 Å². The summed E-state index contributed by atoms with van der Waals surface area (Å²) >= 11 is 1.73. The summed E-state index contributed by atoms with van der Waals surface area (Å²) < 4.78 is 0. The zero-order chi connectivity index (χ0) is 19.2. The Morgan fingerprint density at radius 3 is 2.41 bits per heavy atom. The summed E-state index contributed by atoms with van der Waals surface area (Å²) in [6.07, 6.45) is 1.52. The normalized spacial score (nSPS) is 16.8. The first-order valence-electron chi connectivity index (χ1n) is 9.00. The van der Waals surface area contributed by atoms with Gasteiger partial charge in [-0.25, -0.2) is 0 Å². The molecule has 0 spiro atoms. The predicted molar refractivity (Wildman–Crippen MR) is 114 cm³/mol. The van der Waals surface area contributed by atoms with E-state index in [4.69, 9.17) is 9.79 Å². The van der Waals surface area contributed by atoms with Crippen LogP contribution in [0.4, 0.5) is 0 Å². The summed E-state index contributed by atoms with van der Waals surface area (Å²) in [7, 11) is 1.56. The molecule has 27 heavy (non-hydrogen) atoms. The largest absolute Gasteiger partial charge is 0.362 e. The molecule has 0 radical (unpaired) electrons. The molecule has 5 nitrogen and oxygen atoms in total. The highest BCUT2D eigenvalue weighted by molar-refractivity contribution is 8.14. The number of fused-ring (bicyclic) bond motifs is 5. The maximum Gasteiger partial charge on any atom is 0.206 e. The van der Waals surface area contributed by atoms with E-state index >= 15 is 0 Å². The van der Waals surface area contributed by atoms with E-state index in [0.717, 1.165) is 17.3 Å². The van der Waals surface area contributed by atoms with E-state index < -0.39 is 0 Å². The number of carbonyl (C=O) groups is 1. The Morgan fingerprint density at radius 1 is 1.11 bits per heavy atom. The molecule has 0 bridgehead atoms. The average molecular weight is 381 g/mol. The van der Waals surface area contributed by atoms with Crippen molar-refractivity contribution in [2.75, 3.05) is 7.05 Å². The summed E-state index contributed by atoms with van der Waals surface area (Å²) in [5, 5.41) is 8.35. The van der Waals surface area contributed by atoms with Crippen LogP contribution in [0.15, 0.2) is 58.6 Å². The zero-order valence-electron chi connectivity index (χ0n) is 15.8. The van der Waals surface area contributed by atoms with Crippen LogP contribution in [0.2, 0.25) is 0 Å². The number of hydrazone groups is 1. The van der Waals surface area contributed by atoms with Crippen LogP contribution >= 0.6 is 11.8 Å². The Morgan fingerprint density at radius 2 is 1.74 bits per heavy atom. The summed E-state index contributed by atoms with van der Waals surface area (Å²) in [5.74, 6) is 0. The second-order valence-electron chi connectivity index (χ2n) is 6.54. The third-order valence-corrected chi connectivity index (χ3v) is 5.14. The molecule has 1 unspecified atom stereocenters. The average Bonchev–Trinajstić information content (AvgIpc) is 2.82. The molecule has 2 aliphatic rings. The number of nitrogens with zero attached hydrogens (tertiary/aromatic N) is 2. The van der Waals surface area contributed by atoms with Gasteiger partial charge in [0.2, 0.25) is 6.41 Å². The van der Waals surface area contributed by atoms with Crippen molar-refractivity contribution in [3.05, 3.63) is 59.7 Å². The van der Waals surface area contributed by atoms with Gasteiger partial charge < -0.3 is 5.32 Å². The van der Waals surface area contributed by atoms with Gasteiger partial charge in [0.15, 0.2) is 5.17 Å². The number of amidine groups is 1. The number of hydrogen-bond acceptors (Lipinski definition) is 5. The number of nitrogens with one attached hydrogen (secondary N) is 2. The Bertz CT molecular complexity index is 876. The Labute approximate surface area is 164 Å². The van der Waals surface area contributed by atoms with Gasteiger partial charge in [0.1, 0.15) is 6.04 Å². The molecule has 2 N–H and O–H groups in total. The van der Waals surface area contributed by atoms with Gasteiger partial charge in [-0.05, 0) is 16.7 Å². The quantitative estimate of drug-likeness (QED) is 0.785. The summed E-state index contributed by atoms with van der Waals surface area (Å²) in [6, 6.07) is 17.2. The zero-order valence-corrected chi connectivity index (χ0v) is 16.6. The van der Waals surface area contributed by atoms with E-state index in [1.54, 1.807) is 18.8 Å². The Kier molecular flexibility index (Phi) is 6.29. The van der Waals surface area contributed by atoms with Gasteiger partial charge in [0.25, 0.3) is 0 Å². The van der Waals surface area contributed by atoms with Crippen molar-refractivity contribution in [2.45, 2.75) is 31.6 Å². The molecule has 0 saturated heterocycles. The second-order valence-corrected chi connectivity index (χ2v) is 8.10. The molecule has 0 saturated carbocycles.